The topological polar surface area (TPSA) is 84.2 Å². The van der Waals surface area contributed by atoms with Crippen molar-refractivity contribution in [2.75, 3.05) is 11.9 Å². The van der Waals surface area contributed by atoms with Crippen LogP contribution >= 0.6 is 0 Å². The summed E-state index contributed by atoms with van der Waals surface area (Å²) >= 11 is 0. The van der Waals surface area contributed by atoms with Crippen LogP contribution in [0.4, 0.5) is 5.69 Å². The molecule has 0 unspecified atom stereocenters. The number of nitrogens with one attached hydrogen (secondary N) is 2. The van der Waals surface area contributed by atoms with Crippen LogP contribution < -0.4 is 16.4 Å². The van der Waals surface area contributed by atoms with Gasteiger partial charge in [-0.2, -0.15) is 0 Å². The molecule has 2 fully saturated rings. The molecular weight excluding hydrogens is 314 g/mol. The van der Waals surface area contributed by atoms with Crippen LogP contribution in [0.2, 0.25) is 0 Å². The minimum absolute atomic E-state index is 0.0754. The summed E-state index contributed by atoms with van der Waals surface area (Å²) in [5.41, 5.74) is 6.90. The van der Waals surface area contributed by atoms with Crippen LogP contribution in [0.25, 0.3) is 0 Å². The maximum absolute atomic E-state index is 12.6. The number of rotatable bonds is 5. The zero-order chi connectivity index (χ0) is 17.7. The smallest absolute Gasteiger partial charge is 0.251 e. The van der Waals surface area contributed by atoms with Crippen LogP contribution in [-0.2, 0) is 4.79 Å². The van der Waals surface area contributed by atoms with E-state index in [0.29, 0.717) is 17.8 Å². The van der Waals surface area contributed by atoms with Gasteiger partial charge < -0.3 is 16.4 Å². The second-order valence-electron chi connectivity index (χ2n) is 7.55. The fourth-order valence-corrected chi connectivity index (χ4v) is 4.09. The third-order valence-electron chi connectivity index (χ3n) is 5.70. The number of anilines is 1. The molecule has 3 rings (SSSR count). The van der Waals surface area contributed by atoms with Crippen LogP contribution in [-0.4, -0.2) is 23.9 Å². The predicted octanol–water partition coefficient (Wildman–Crippen LogP) is 3.21. The molecule has 0 aromatic heterocycles. The minimum Gasteiger partial charge on any atom is -0.345 e. The average molecular weight is 343 g/mol. The van der Waals surface area contributed by atoms with Gasteiger partial charge in [-0.25, -0.2) is 0 Å². The molecule has 0 saturated heterocycles. The predicted molar refractivity (Wildman–Crippen MR) is 99.4 cm³/mol. The van der Waals surface area contributed by atoms with Crippen LogP contribution in [0.15, 0.2) is 24.3 Å². The Morgan fingerprint density at radius 1 is 1.08 bits per heavy atom. The molecule has 0 atom stereocenters. The molecular formula is C20H29N3O2. The highest BCUT2D eigenvalue weighted by Gasteiger charge is 2.34. The summed E-state index contributed by atoms with van der Waals surface area (Å²) in [6.07, 6.45) is 9.49. The lowest BCUT2D eigenvalue weighted by Gasteiger charge is -2.28. The fraction of sp³-hybridized carbons (Fsp3) is 0.600. The highest BCUT2D eigenvalue weighted by atomic mass is 16.2. The Morgan fingerprint density at radius 2 is 1.80 bits per heavy atom. The van der Waals surface area contributed by atoms with Gasteiger partial charge in [-0.15, -0.1) is 0 Å². The van der Waals surface area contributed by atoms with E-state index in [1.165, 1.54) is 6.42 Å². The Kier molecular flexibility index (Phi) is 5.74. The summed E-state index contributed by atoms with van der Waals surface area (Å²) < 4.78 is 0. The van der Waals surface area contributed by atoms with Crippen molar-refractivity contribution in [2.24, 2.45) is 11.7 Å². The number of amides is 2. The Balaban J connectivity index is 1.64. The molecule has 2 amide bonds. The molecule has 0 spiro atoms. The Morgan fingerprint density at radius 3 is 2.48 bits per heavy atom. The molecule has 5 heteroatoms. The van der Waals surface area contributed by atoms with E-state index in [9.17, 15) is 9.59 Å². The largest absolute Gasteiger partial charge is 0.345 e. The number of hydrogen-bond acceptors (Lipinski definition) is 3. The van der Waals surface area contributed by atoms with Gasteiger partial charge in [-0.05, 0) is 43.9 Å². The molecule has 2 aliphatic rings. The molecule has 25 heavy (non-hydrogen) atoms. The van der Waals surface area contributed by atoms with Crippen LogP contribution in [0, 0.1) is 5.92 Å². The van der Waals surface area contributed by atoms with Gasteiger partial charge in [-0.3, -0.25) is 9.59 Å². The number of nitrogens with two attached hydrogens (primary N) is 1. The van der Waals surface area contributed by atoms with Crippen LogP contribution in [0.5, 0.6) is 0 Å². The average Bonchev–Trinajstić information content (AvgIpc) is 3.11. The third kappa shape index (κ3) is 4.40. The lowest BCUT2D eigenvalue weighted by molar-refractivity contribution is -0.120. The standard InChI is InChI=1S/C20H29N3O2/c21-14-20(11-4-5-12-20)23-19(25)16-9-6-10-17(13-16)22-18(24)15-7-2-1-3-8-15/h6,9-10,13,15H,1-5,7-8,11-12,14,21H2,(H,22,24)(H,23,25). The van der Waals surface area contributed by atoms with Gasteiger partial charge in [0.15, 0.2) is 0 Å². The fourth-order valence-electron chi connectivity index (χ4n) is 4.09. The highest BCUT2D eigenvalue weighted by molar-refractivity contribution is 5.98. The zero-order valence-corrected chi connectivity index (χ0v) is 14.9. The van der Waals surface area contributed by atoms with Crippen molar-refractivity contribution >= 4 is 17.5 Å². The SMILES string of the molecule is NCC1(NC(=O)c2cccc(NC(=O)C3CCCCC3)c2)CCCC1. The van der Waals surface area contributed by atoms with E-state index in [0.717, 1.165) is 51.4 Å². The lowest BCUT2D eigenvalue weighted by Crippen LogP contribution is -2.51. The maximum atomic E-state index is 12.6. The van der Waals surface area contributed by atoms with Crippen molar-refractivity contribution in [3.05, 3.63) is 29.8 Å². The van der Waals surface area contributed by atoms with E-state index >= 15 is 0 Å². The van der Waals surface area contributed by atoms with Gasteiger partial charge in [0.1, 0.15) is 0 Å². The molecule has 5 nitrogen and oxygen atoms in total. The van der Waals surface area contributed by atoms with Crippen molar-refractivity contribution in [1.82, 2.24) is 5.32 Å². The molecule has 1 aromatic rings. The first-order valence-corrected chi connectivity index (χ1v) is 9.55. The first kappa shape index (κ1) is 17.9. The molecule has 4 N–H and O–H groups in total. The molecule has 0 bridgehead atoms. The van der Waals surface area contributed by atoms with E-state index in [1.54, 1.807) is 12.1 Å². The molecule has 2 aliphatic carbocycles. The van der Waals surface area contributed by atoms with Crippen molar-refractivity contribution in [3.8, 4) is 0 Å². The first-order chi connectivity index (χ1) is 12.1. The van der Waals surface area contributed by atoms with Gasteiger partial charge in [0.2, 0.25) is 5.91 Å². The second kappa shape index (κ2) is 8.00. The lowest BCUT2D eigenvalue weighted by atomic mass is 9.88. The summed E-state index contributed by atoms with van der Waals surface area (Å²) in [5.74, 6) is 0.0674. The third-order valence-corrected chi connectivity index (χ3v) is 5.70. The van der Waals surface area contributed by atoms with E-state index in [1.807, 2.05) is 12.1 Å². The molecule has 0 aliphatic heterocycles. The van der Waals surface area contributed by atoms with Gasteiger partial charge >= 0.3 is 0 Å². The second-order valence-corrected chi connectivity index (χ2v) is 7.55. The van der Waals surface area contributed by atoms with E-state index in [2.05, 4.69) is 10.6 Å². The Bertz CT molecular complexity index is 617. The summed E-state index contributed by atoms with van der Waals surface area (Å²) in [4.78, 5) is 25.0. The van der Waals surface area contributed by atoms with Crippen LogP contribution in [0.3, 0.4) is 0 Å². The van der Waals surface area contributed by atoms with E-state index in [4.69, 9.17) is 5.73 Å². The van der Waals surface area contributed by atoms with Gasteiger partial charge in [0.25, 0.3) is 5.91 Å². The maximum Gasteiger partial charge on any atom is 0.251 e. The number of hydrogen-bond donors (Lipinski definition) is 3. The highest BCUT2D eigenvalue weighted by Crippen LogP contribution is 2.29. The number of carbonyl (C=O) groups is 2. The van der Waals surface area contributed by atoms with Crippen molar-refractivity contribution in [1.29, 1.82) is 0 Å². The molecule has 0 heterocycles. The molecule has 2 saturated carbocycles. The number of benzene rings is 1. The zero-order valence-electron chi connectivity index (χ0n) is 14.9. The van der Waals surface area contributed by atoms with Gasteiger partial charge in [0, 0.05) is 23.7 Å². The summed E-state index contributed by atoms with van der Waals surface area (Å²) in [7, 11) is 0. The normalized spacial score (nSPS) is 20.2. The van der Waals surface area contributed by atoms with Crippen LogP contribution in [0.1, 0.15) is 68.1 Å². The van der Waals surface area contributed by atoms with E-state index < -0.39 is 0 Å². The Hall–Kier alpha value is -1.88. The van der Waals surface area contributed by atoms with Gasteiger partial charge in [0.05, 0.1) is 5.54 Å². The van der Waals surface area contributed by atoms with Crippen molar-refractivity contribution in [2.45, 2.75) is 63.3 Å². The quantitative estimate of drug-likeness (QED) is 0.767. The number of carbonyl (C=O) groups excluding carboxylic acids is 2. The molecule has 0 radical (unpaired) electrons. The van der Waals surface area contributed by atoms with Crippen molar-refractivity contribution < 1.29 is 9.59 Å². The van der Waals surface area contributed by atoms with Crippen molar-refractivity contribution in [3.63, 3.8) is 0 Å². The monoisotopic (exact) mass is 343 g/mol. The van der Waals surface area contributed by atoms with E-state index in [-0.39, 0.29) is 23.3 Å². The summed E-state index contributed by atoms with van der Waals surface area (Å²) in [6, 6.07) is 7.20. The summed E-state index contributed by atoms with van der Waals surface area (Å²) in [5, 5.41) is 6.11. The molecule has 136 valence electrons. The first-order valence-electron chi connectivity index (χ1n) is 9.55. The minimum atomic E-state index is -0.265. The van der Waals surface area contributed by atoms with Gasteiger partial charge in [-0.1, -0.05) is 38.2 Å². The summed E-state index contributed by atoms with van der Waals surface area (Å²) in [6.45, 7) is 0.469. The molecule has 1 aromatic carbocycles. The Labute approximate surface area is 149 Å².